The van der Waals surface area contributed by atoms with Crippen molar-refractivity contribution < 1.29 is 19.1 Å². The Labute approximate surface area is 155 Å². The van der Waals surface area contributed by atoms with Gasteiger partial charge >= 0.3 is 11.9 Å². The van der Waals surface area contributed by atoms with Gasteiger partial charge in [0.1, 0.15) is 11.2 Å². The first-order valence-corrected chi connectivity index (χ1v) is 8.88. The predicted octanol–water partition coefficient (Wildman–Crippen LogP) is 4.61. The molecule has 2 aromatic carbocycles. The molecule has 0 aliphatic rings. The summed E-state index contributed by atoms with van der Waals surface area (Å²) in [7, 11) is 0. The highest BCUT2D eigenvalue weighted by Crippen LogP contribution is 2.25. The lowest BCUT2D eigenvalue weighted by Crippen LogP contribution is -2.25. The molecule has 4 nitrogen and oxygen atoms in total. The summed E-state index contributed by atoms with van der Waals surface area (Å²) in [5, 5.41) is 1.92. The van der Waals surface area contributed by atoms with Crippen LogP contribution in [0.4, 0.5) is 0 Å². The maximum absolute atomic E-state index is 12.3. The first kappa shape index (κ1) is 20.0. The highest BCUT2D eigenvalue weighted by Gasteiger charge is 2.20. The summed E-state index contributed by atoms with van der Waals surface area (Å²) >= 11 is 0. The van der Waals surface area contributed by atoms with Gasteiger partial charge in [0.2, 0.25) is 0 Å². The second-order valence-corrected chi connectivity index (χ2v) is 8.46. The first-order chi connectivity index (χ1) is 11.9. The van der Waals surface area contributed by atoms with Gasteiger partial charge in [-0.15, -0.1) is 0 Å². The van der Waals surface area contributed by atoms with Crippen LogP contribution in [0.25, 0.3) is 10.8 Å². The van der Waals surface area contributed by atoms with Gasteiger partial charge in [-0.2, -0.15) is 0 Å². The molecule has 0 fully saturated rings. The molecule has 0 spiro atoms. The fourth-order valence-corrected chi connectivity index (χ4v) is 2.86. The number of hydrogen-bond donors (Lipinski definition) is 0. The predicted molar refractivity (Wildman–Crippen MR) is 103 cm³/mol. The number of hydrogen-bond acceptors (Lipinski definition) is 4. The number of rotatable bonds is 4. The van der Waals surface area contributed by atoms with Crippen LogP contribution in [0.1, 0.15) is 52.7 Å². The maximum atomic E-state index is 12.3. The van der Waals surface area contributed by atoms with Crippen molar-refractivity contribution in [1.29, 1.82) is 0 Å². The average molecular weight is 356 g/mol. The van der Waals surface area contributed by atoms with Crippen molar-refractivity contribution >= 4 is 22.7 Å². The number of ether oxygens (including phenoxy) is 2. The van der Waals surface area contributed by atoms with Gasteiger partial charge in [0.15, 0.2) is 0 Å². The van der Waals surface area contributed by atoms with Gasteiger partial charge in [-0.3, -0.25) is 9.59 Å². The van der Waals surface area contributed by atoms with Crippen molar-refractivity contribution in [2.45, 2.75) is 65.6 Å². The van der Waals surface area contributed by atoms with Gasteiger partial charge in [-0.1, -0.05) is 36.4 Å². The Kier molecular flexibility index (Phi) is 5.74. The summed E-state index contributed by atoms with van der Waals surface area (Å²) in [4.78, 5) is 24.6. The largest absolute Gasteiger partial charge is 0.460 e. The lowest BCUT2D eigenvalue weighted by Gasteiger charge is -2.21. The SMILES string of the molecule is CC(C)(C)OC(=O)Cc1cccc2cccc(CC(=O)OC(C)(C)C)c12. The molecular formula is C22H28O4. The van der Waals surface area contributed by atoms with Gasteiger partial charge in [0.25, 0.3) is 0 Å². The standard InChI is InChI=1S/C22H28O4/c1-21(2,3)25-18(23)13-16-11-7-9-15-10-8-12-17(20(15)16)14-19(24)26-22(4,5)6/h7-12H,13-14H2,1-6H3. The van der Waals surface area contributed by atoms with Crippen LogP contribution in [0.5, 0.6) is 0 Å². The van der Waals surface area contributed by atoms with E-state index in [0.29, 0.717) is 0 Å². The second kappa shape index (κ2) is 7.48. The van der Waals surface area contributed by atoms with Crippen LogP contribution in [-0.4, -0.2) is 23.1 Å². The lowest BCUT2D eigenvalue weighted by atomic mass is 9.95. The topological polar surface area (TPSA) is 52.6 Å². The summed E-state index contributed by atoms with van der Waals surface area (Å²) in [6, 6.07) is 11.6. The fraction of sp³-hybridized carbons (Fsp3) is 0.455. The zero-order valence-electron chi connectivity index (χ0n) is 16.5. The number of fused-ring (bicyclic) bond motifs is 1. The average Bonchev–Trinajstić information content (AvgIpc) is 2.43. The Morgan fingerprint density at radius 2 is 1.12 bits per heavy atom. The number of carbonyl (C=O) groups is 2. The fourth-order valence-electron chi connectivity index (χ4n) is 2.86. The molecule has 0 amide bonds. The molecule has 0 aliphatic heterocycles. The van der Waals surface area contributed by atoms with Crippen LogP contribution in [0.3, 0.4) is 0 Å². The van der Waals surface area contributed by atoms with E-state index >= 15 is 0 Å². The minimum Gasteiger partial charge on any atom is -0.460 e. The summed E-state index contributed by atoms with van der Waals surface area (Å²) in [5.41, 5.74) is 0.661. The van der Waals surface area contributed by atoms with E-state index in [-0.39, 0.29) is 24.8 Å². The zero-order chi connectivity index (χ0) is 19.5. The van der Waals surface area contributed by atoms with Crippen molar-refractivity contribution in [3.05, 3.63) is 47.5 Å². The quantitative estimate of drug-likeness (QED) is 0.751. The molecule has 140 valence electrons. The molecule has 2 aromatic rings. The summed E-state index contributed by atoms with van der Waals surface area (Å²) in [6.45, 7) is 11.1. The first-order valence-electron chi connectivity index (χ1n) is 8.88. The number of benzene rings is 2. The summed E-state index contributed by atoms with van der Waals surface area (Å²) in [6.07, 6.45) is 0.333. The zero-order valence-corrected chi connectivity index (χ0v) is 16.5. The molecule has 0 radical (unpaired) electrons. The molecule has 4 heteroatoms. The Balaban J connectivity index is 2.34. The van der Waals surface area contributed by atoms with E-state index in [1.807, 2.05) is 77.9 Å². The Morgan fingerprint density at radius 1 is 0.731 bits per heavy atom. The van der Waals surface area contributed by atoms with Crippen LogP contribution in [-0.2, 0) is 31.9 Å². The molecule has 0 N–H and O–H groups in total. The summed E-state index contributed by atoms with van der Waals surface area (Å²) < 4.78 is 10.9. The molecule has 0 unspecified atom stereocenters. The van der Waals surface area contributed by atoms with Crippen molar-refractivity contribution in [2.24, 2.45) is 0 Å². The van der Waals surface area contributed by atoms with Crippen molar-refractivity contribution in [3.63, 3.8) is 0 Å². The van der Waals surface area contributed by atoms with Crippen LogP contribution in [0.15, 0.2) is 36.4 Å². The van der Waals surface area contributed by atoms with Crippen LogP contribution < -0.4 is 0 Å². The second-order valence-electron chi connectivity index (χ2n) is 8.46. The van der Waals surface area contributed by atoms with E-state index in [0.717, 1.165) is 21.9 Å². The third-order valence-electron chi connectivity index (χ3n) is 3.59. The molecule has 26 heavy (non-hydrogen) atoms. The Bertz CT molecular complexity index is 742. The van der Waals surface area contributed by atoms with E-state index < -0.39 is 11.2 Å². The number of carbonyl (C=O) groups excluding carboxylic acids is 2. The molecule has 0 aromatic heterocycles. The van der Waals surface area contributed by atoms with Crippen LogP contribution >= 0.6 is 0 Å². The Morgan fingerprint density at radius 3 is 1.46 bits per heavy atom. The van der Waals surface area contributed by atoms with Gasteiger partial charge in [0.05, 0.1) is 12.8 Å². The van der Waals surface area contributed by atoms with Gasteiger partial charge in [-0.25, -0.2) is 0 Å². The molecule has 0 bridgehead atoms. The van der Waals surface area contributed by atoms with E-state index in [2.05, 4.69) is 0 Å². The normalized spacial score (nSPS) is 12.1. The molecule has 2 rings (SSSR count). The monoisotopic (exact) mass is 356 g/mol. The molecular weight excluding hydrogens is 328 g/mol. The van der Waals surface area contributed by atoms with Gasteiger partial charge in [-0.05, 0) is 63.4 Å². The summed E-state index contributed by atoms with van der Waals surface area (Å²) in [5.74, 6) is -0.561. The van der Waals surface area contributed by atoms with Crippen molar-refractivity contribution in [3.8, 4) is 0 Å². The van der Waals surface area contributed by atoms with Crippen LogP contribution in [0.2, 0.25) is 0 Å². The Hall–Kier alpha value is -2.36. The number of esters is 2. The van der Waals surface area contributed by atoms with E-state index in [9.17, 15) is 9.59 Å². The van der Waals surface area contributed by atoms with Gasteiger partial charge in [0, 0.05) is 0 Å². The van der Waals surface area contributed by atoms with E-state index in [4.69, 9.17) is 9.47 Å². The smallest absolute Gasteiger partial charge is 0.310 e. The molecule has 0 saturated carbocycles. The van der Waals surface area contributed by atoms with Crippen LogP contribution in [0, 0.1) is 0 Å². The van der Waals surface area contributed by atoms with Gasteiger partial charge < -0.3 is 9.47 Å². The third kappa shape index (κ3) is 5.87. The van der Waals surface area contributed by atoms with Crippen molar-refractivity contribution in [2.75, 3.05) is 0 Å². The highest BCUT2D eigenvalue weighted by atomic mass is 16.6. The van der Waals surface area contributed by atoms with Crippen molar-refractivity contribution in [1.82, 2.24) is 0 Å². The lowest BCUT2D eigenvalue weighted by molar-refractivity contribution is -0.154. The minimum atomic E-state index is -0.527. The third-order valence-corrected chi connectivity index (χ3v) is 3.59. The molecule has 0 heterocycles. The molecule has 0 atom stereocenters. The molecule has 0 aliphatic carbocycles. The highest BCUT2D eigenvalue weighted by molar-refractivity contribution is 5.93. The minimum absolute atomic E-state index is 0.167. The van der Waals surface area contributed by atoms with E-state index in [1.165, 1.54) is 0 Å². The van der Waals surface area contributed by atoms with E-state index in [1.54, 1.807) is 0 Å². The maximum Gasteiger partial charge on any atom is 0.310 e. The molecule has 0 saturated heterocycles.